The molecule has 0 spiro atoms. The lowest BCUT2D eigenvalue weighted by Gasteiger charge is -2.37. The lowest BCUT2D eigenvalue weighted by molar-refractivity contribution is -0.111. The molecule has 4 aromatic rings. The molecule has 2 aliphatic heterocycles. The van der Waals surface area contributed by atoms with Crippen molar-refractivity contribution < 1.29 is 58.3 Å². The summed E-state index contributed by atoms with van der Waals surface area (Å²) in [6, 6.07) is 26.1. The van der Waals surface area contributed by atoms with Gasteiger partial charge in [0.2, 0.25) is 5.36 Å². The predicted molar refractivity (Wildman–Crippen MR) is 263 cm³/mol. The molecule has 2 heterocycles. The molecule has 2 atom stereocenters. The Morgan fingerprint density at radius 1 is 0.690 bits per heavy atom. The molecular weight excluding hydrogens is 909 g/mol. The van der Waals surface area contributed by atoms with E-state index in [0.717, 1.165) is 17.1 Å². The molecule has 0 saturated heterocycles. The Kier molecular flexibility index (Phi) is 12.3. The van der Waals surface area contributed by atoms with E-state index >= 15 is 0 Å². The summed E-state index contributed by atoms with van der Waals surface area (Å²) in [5.74, 6) is -5.69. The number of carboxylic acid groups (broad SMARTS) is 3. The molecule has 356 valence electrons. The largest absolute Gasteiger partial charge is 0.508 e. The molecule has 0 bridgehead atoms. The predicted octanol–water partition coefficient (Wildman–Crippen LogP) is 6.93. The summed E-state index contributed by atoms with van der Waals surface area (Å²) >= 11 is 0. The van der Waals surface area contributed by atoms with Gasteiger partial charge < -0.3 is 45.1 Å². The second kappa shape index (κ2) is 18.6. The van der Waals surface area contributed by atoms with Crippen molar-refractivity contribution >= 4 is 57.7 Å². The number of rotatable bonds is 12. The first-order valence-corrected chi connectivity index (χ1v) is 22.2. The third-order valence-electron chi connectivity index (χ3n) is 12.6. The first-order valence-electron chi connectivity index (χ1n) is 22.2. The van der Waals surface area contributed by atoms with Crippen LogP contribution in [0, 0.1) is 5.92 Å². The number of nitrogens with one attached hydrogen (secondary N) is 2. The summed E-state index contributed by atoms with van der Waals surface area (Å²) in [6.45, 7) is -0.242. The van der Waals surface area contributed by atoms with Crippen molar-refractivity contribution in [3.63, 3.8) is 0 Å². The fourth-order valence-electron chi connectivity index (χ4n) is 8.99. The molecule has 16 heteroatoms. The van der Waals surface area contributed by atoms with Crippen LogP contribution in [0.4, 0.5) is 5.69 Å². The fraction of sp³-hybridized carbons (Fsp3) is 0.145. The topological polar surface area (TPSA) is 236 Å². The van der Waals surface area contributed by atoms with E-state index < -0.39 is 47.5 Å². The van der Waals surface area contributed by atoms with Gasteiger partial charge in [-0.1, -0.05) is 36.4 Å². The average Bonchev–Trinajstić information content (AvgIpc) is 3.35. The Hall–Kier alpha value is -9.31. The van der Waals surface area contributed by atoms with E-state index in [9.17, 15) is 49.2 Å². The smallest absolute Gasteiger partial charge is 0.336 e. The highest BCUT2D eigenvalue weighted by Gasteiger charge is 2.40. The molecule has 2 amide bonds. The molecule has 0 saturated carbocycles. The van der Waals surface area contributed by atoms with Crippen LogP contribution < -0.4 is 25.5 Å². The minimum atomic E-state index is -1.37. The SMILES string of the molecule is CN(C)c1ccc2c(-c3ccc(C(=O)NCc4ccc(C(=O)NCC5=C6OC7C=C(O)C=CC7=C(c7ccc(C(=O)O)cc7C(=O)O)C6C=CC5=O)cc4)cc3C(=O)O)c3ccc(=[N+](C)C)cc-3oc2c1. The number of aromatic carboxylic acids is 3. The number of hydrogen-bond acceptors (Lipinski definition) is 10. The summed E-state index contributed by atoms with van der Waals surface area (Å²) in [4.78, 5) is 79.6. The van der Waals surface area contributed by atoms with Crippen LogP contribution in [0.15, 0.2) is 155 Å². The van der Waals surface area contributed by atoms with Crippen LogP contribution in [0.5, 0.6) is 0 Å². The zero-order valence-corrected chi connectivity index (χ0v) is 38.6. The van der Waals surface area contributed by atoms with Gasteiger partial charge in [-0.3, -0.25) is 14.4 Å². The van der Waals surface area contributed by atoms with Gasteiger partial charge in [0.15, 0.2) is 5.78 Å². The minimum absolute atomic E-state index is 0.0411. The Morgan fingerprint density at radius 3 is 2.04 bits per heavy atom. The number of ketones is 1. The first-order chi connectivity index (χ1) is 34.0. The number of aliphatic hydroxyl groups is 1. The number of anilines is 1. The van der Waals surface area contributed by atoms with Crippen LogP contribution in [0.25, 0.3) is 39.0 Å². The Morgan fingerprint density at radius 2 is 1.34 bits per heavy atom. The van der Waals surface area contributed by atoms with Crippen molar-refractivity contribution in [1.82, 2.24) is 15.2 Å². The van der Waals surface area contributed by atoms with E-state index in [1.54, 1.807) is 48.6 Å². The van der Waals surface area contributed by atoms with Crippen LogP contribution in [0.1, 0.15) is 62.9 Å². The maximum Gasteiger partial charge on any atom is 0.336 e. The van der Waals surface area contributed by atoms with E-state index in [1.165, 1.54) is 36.4 Å². The monoisotopic (exact) mass is 953 g/mol. The van der Waals surface area contributed by atoms with Gasteiger partial charge in [0.25, 0.3) is 11.8 Å². The molecule has 4 aromatic carbocycles. The maximum atomic E-state index is 13.6. The highest BCUT2D eigenvalue weighted by molar-refractivity contribution is 6.10. The van der Waals surface area contributed by atoms with Gasteiger partial charge >= 0.3 is 17.9 Å². The Labute approximate surface area is 405 Å². The summed E-state index contributed by atoms with van der Waals surface area (Å²) in [7, 11) is 7.67. The van der Waals surface area contributed by atoms with Crippen molar-refractivity contribution in [2.45, 2.75) is 12.6 Å². The highest BCUT2D eigenvalue weighted by Crippen LogP contribution is 2.47. The van der Waals surface area contributed by atoms with Crippen LogP contribution in [-0.2, 0) is 16.1 Å². The minimum Gasteiger partial charge on any atom is -0.508 e. The highest BCUT2D eigenvalue weighted by atomic mass is 16.5. The van der Waals surface area contributed by atoms with Crippen molar-refractivity contribution in [3.05, 3.63) is 194 Å². The maximum absolute atomic E-state index is 13.6. The Bertz CT molecular complexity index is 3510. The summed E-state index contributed by atoms with van der Waals surface area (Å²) in [6.07, 6.45) is 6.29. The van der Waals surface area contributed by atoms with Gasteiger partial charge in [0.1, 0.15) is 43.1 Å². The average molecular weight is 954 g/mol. The van der Waals surface area contributed by atoms with Crippen LogP contribution >= 0.6 is 0 Å². The van der Waals surface area contributed by atoms with Gasteiger partial charge in [-0.05, 0) is 89.0 Å². The van der Waals surface area contributed by atoms with E-state index in [0.29, 0.717) is 50.1 Å². The van der Waals surface area contributed by atoms with E-state index in [4.69, 9.17) is 9.15 Å². The number of carbonyl (C=O) groups excluding carboxylic acids is 3. The summed E-state index contributed by atoms with van der Waals surface area (Å²) in [5, 5.41) is 47.8. The molecule has 5 aliphatic rings. The molecule has 9 rings (SSSR count). The number of amides is 2. The third kappa shape index (κ3) is 8.97. The Balaban J connectivity index is 0.923. The van der Waals surface area contributed by atoms with Gasteiger partial charge in [0, 0.05) is 77.7 Å². The van der Waals surface area contributed by atoms with Gasteiger partial charge in [-0.15, -0.1) is 0 Å². The molecule has 6 N–H and O–H groups in total. The molecule has 0 aromatic heterocycles. The number of fused-ring (bicyclic) bond motifs is 4. The number of carbonyl (C=O) groups is 6. The number of ether oxygens (including phenoxy) is 1. The number of aliphatic hydroxyl groups excluding tert-OH is 1. The van der Waals surface area contributed by atoms with Crippen LogP contribution in [0.3, 0.4) is 0 Å². The molecule has 3 aliphatic carbocycles. The molecule has 0 fully saturated rings. The summed E-state index contributed by atoms with van der Waals surface area (Å²) < 4.78 is 14.6. The third-order valence-corrected chi connectivity index (χ3v) is 12.6. The second-order valence-corrected chi connectivity index (χ2v) is 17.5. The van der Waals surface area contributed by atoms with E-state index in [2.05, 4.69) is 10.6 Å². The first kappa shape index (κ1) is 46.8. The van der Waals surface area contributed by atoms with Crippen LogP contribution in [-0.4, -0.2) is 96.8 Å². The van der Waals surface area contributed by atoms with Crippen molar-refractivity contribution in [3.8, 4) is 22.5 Å². The number of hydrogen-bond donors (Lipinski definition) is 6. The van der Waals surface area contributed by atoms with E-state index in [1.807, 2.05) is 74.1 Å². The van der Waals surface area contributed by atoms with Crippen molar-refractivity contribution in [1.29, 1.82) is 0 Å². The quantitative estimate of drug-likeness (QED) is 0.0540. The van der Waals surface area contributed by atoms with Gasteiger partial charge in [-0.2, -0.15) is 0 Å². The zero-order chi connectivity index (χ0) is 50.4. The van der Waals surface area contributed by atoms with Crippen molar-refractivity contribution in [2.24, 2.45) is 5.92 Å². The lowest BCUT2D eigenvalue weighted by atomic mass is 9.76. The molecule has 16 nitrogen and oxygen atoms in total. The lowest BCUT2D eigenvalue weighted by Crippen LogP contribution is -2.35. The van der Waals surface area contributed by atoms with Crippen LogP contribution in [0.2, 0.25) is 0 Å². The van der Waals surface area contributed by atoms with Gasteiger partial charge in [0.05, 0.1) is 40.8 Å². The molecular formula is C55H45N4O12+. The normalized spacial score (nSPS) is 15.9. The number of benzene rings is 5. The summed E-state index contributed by atoms with van der Waals surface area (Å²) in [5.41, 5.74) is 4.78. The molecule has 0 radical (unpaired) electrons. The van der Waals surface area contributed by atoms with Crippen molar-refractivity contribution in [2.75, 3.05) is 39.6 Å². The number of carboxylic acids is 3. The van der Waals surface area contributed by atoms with E-state index in [-0.39, 0.29) is 63.6 Å². The zero-order valence-electron chi connectivity index (χ0n) is 38.6. The second-order valence-electron chi connectivity index (χ2n) is 17.5. The standard InChI is InChI=1S/C55H44N4O12/c1-58(2)32-11-16-37-45(23-32)70-46-24-33(59(3)4)12-17-38(46)48(37)35-14-9-30(21-41(35)54(66)67)52(63)56-26-28-5-7-29(8-6-28)51(62)57-27-43-44(61)20-19-40-49(39-18-13-34(60)25-47(39)71-50(40)43)36-15-10-31(53(64)65)22-42(36)55(68)69/h5-25,40,47H,26-27H2,1-4H3,(H5-,56,57,60,62,63,64,65,66,67,68,69)/p+1. The number of allylic oxidation sites excluding steroid dienone is 3. The molecule has 2 unspecified atom stereocenters. The number of nitrogens with zero attached hydrogens (tertiary/aromatic N) is 2. The molecule has 71 heavy (non-hydrogen) atoms. The fourth-order valence-corrected chi connectivity index (χ4v) is 8.99. The van der Waals surface area contributed by atoms with Gasteiger partial charge in [-0.25, -0.2) is 19.0 Å².